The fourth-order valence-electron chi connectivity index (χ4n) is 3.29. The molecule has 1 aromatic heterocycles. The van der Waals surface area contributed by atoms with Crippen molar-refractivity contribution in [3.05, 3.63) is 53.3 Å². The smallest absolute Gasteiger partial charge is 0.318 e. The van der Waals surface area contributed by atoms with Gasteiger partial charge in [0.25, 0.3) is 0 Å². The van der Waals surface area contributed by atoms with Crippen LogP contribution in [0.25, 0.3) is 0 Å². The maximum Gasteiger partial charge on any atom is 0.318 e. The number of fused-ring (bicyclic) bond motifs is 1. The lowest BCUT2D eigenvalue weighted by Gasteiger charge is -2.36. The molecule has 6 nitrogen and oxygen atoms in total. The number of hydrogen-bond donors (Lipinski definition) is 2. The van der Waals surface area contributed by atoms with Crippen LogP contribution in [0.2, 0.25) is 0 Å². The summed E-state index contributed by atoms with van der Waals surface area (Å²) in [4.78, 5) is 14.3. The zero-order valence-corrected chi connectivity index (χ0v) is 14.9. The number of hydrogen-bond acceptors (Lipinski definition) is 3. The molecule has 0 spiro atoms. The Balaban J connectivity index is 1.57. The maximum absolute atomic E-state index is 12.6. The molecule has 0 saturated carbocycles. The summed E-state index contributed by atoms with van der Waals surface area (Å²) in [7, 11) is 0. The van der Waals surface area contributed by atoms with Crippen molar-refractivity contribution >= 4 is 6.03 Å². The number of urea groups is 1. The molecule has 0 saturated heterocycles. The summed E-state index contributed by atoms with van der Waals surface area (Å²) in [5, 5.41) is 17.2. The Morgan fingerprint density at radius 1 is 1.36 bits per heavy atom. The van der Waals surface area contributed by atoms with Crippen LogP contribution in [-0.4, -0.2) is 45.5 Å². The van der Waals surface area contributed by atoms with Crippen LogP contribution in [0.3, 0.4) is 0 Å². The average Bonchev–Trinajstić information content (AvgIpc) is 3.09. The number of rotatable bonds is 5. The van der Waals surface area contributed by atoms with E-state index < -0.39 is 0 Å². The Morgan fingerprint density at radius 2 is 2.16 bits per heavy atom. The van der Waals surface area contributed by atoms with Crippen molar-refractivity contribution < 1.29 is 9.90 Å². The summed E-state index contributed by atoms with van der Waals surface area (Å²) in [6.45, 7) is 5.26. The van der Waals surface area contributed by atoms with E-state index in [1.807, 2.05) is 35.1 Å². The van der Waals surface area contributed by atoms with Gasteiger partial charge in [0.15, 0.2) is 0 Å². The molecule has 25 heavy (non-hydrogen) atoms. The normalized spacial score (nSPS) is 16.8. The van der Waals surface area contributed by atoms with Crippen LogP contribution >= 0.6 is 0 Å². The largest absolute Gasteiger partial charge is 0.394 e. The van der Waals surface area contributed by atoms with Gasteiger partial charge < -0.3 is 15.3 Å². The Morgan fingerprint density at radius 3 is 2.88 bits per heavy atom. The number of amides is 2. The van der Waals surface area contributed by atoms with E-state index in [2.05, 4.69) is 30.3 Å². The summed E-state index contributed by atoms with van der Waals surface area (Å²) in [5.74, 6) is 0. The molecule has 2 N–H and O–H groups in total. The van der Waals surface area contributed by atoms with Gasteiger partial charge in [-0.3, -0.25) is 4.68 Å². The van der Waals surface area contributed by atoms with E-state index in [-0.39, 0.29) is 18.7 Å². The minimum Gasteiger partial charge on any atom is -0.394 e. The minimum atomic E-state index is -0.273. The summed E-state index contributed by atoms with van der Waals surface area (Å²) < 4.78 is 1.92. The topological polar surface area (TPSA) is 70.4 Å². The van der Waals surface area contributed by atoms with Crippen LogP contribution in [0.4, 0.5) is 4.79 Å². The molecule has 0 unspecified atom stereocenters. The van der Waals surface area contributed by atoms with Crippen molar-refractivity contribution in [2.45, 2.75) is 38.8 Å². The lowest BCUT2D eigenvalue weighted by Crippen LogP contribution is -2.47. The highest BCUT2D eigenvalue weighted by atomic mass is 16.3. The van der Waals surface area contributed by atoms with Crippen LogP contribution in [0.15, 0.2) is 36.5 Å². The van der Waals surface area contributed by atoms with Gasteiger partial charge in [-0.1, -0.05) is 24.3 Å². The molecular formula is C19H26N4O2. The molecule has 0 bridgehead atoms. The van der Waals surface area contributed by atoms with Crippen LogP contribution in [0.5, 0.6) is 0 Å². The lowest BCUT2D eigenvalue weighted by atomic mass is 9.93. The maximum atomic E-state index is 12.6. The zero-order chi connectivity index (χ0) is 17.8. The highest BCUT2D eigenvalue weighted by Crippen LogP contribution is 2.29. The molecular weight excluding hydrogens is 316 g/mol. The summed E-state index contributed by atoms with van der Waals surface area (Å²) in [6.07, 6.45) is 3.48. The molecule has 1 aliphatic heterocycles. The van der Waals surface area contributed by atoms with Gasteiger partial charge >= 0.3 is 6.03 Å². The van der Waals surface area contributed by atoms with Crippen LogP contribution in [-0.2, 0) is 12.8 Å². The van der Waals surface area contributed by atoms with Crippen molar-refractivity contribution in [3.63, 3.8) is 0 Å². The number of aliphatic hydroxyl groups is 1. The van der Waals surface area contributed by atoms with Gasteiger partial charge in [0.1, 0.15) is 0 Å². The summed E-state index contributed by atoms with van der Waals surface area (Å²) >= 11 is 0. The van der Waals surface area contributed by atoms with Crippen LogP contribution in [0.1, 0.15) is 42.8 Å². The van der Waals surface area contributed by atoms with E-state index >= 15 is 0 Å². The summed E-state index contributed by atoms with van der Waals surface area (Å²) in [6, 6.07) is 9.93. The first kappa shape index (κ1) is 17.5. The predicted octanol–water partition coefficient (Wildman–Crippen LogP) is 2.31. The van der Waals surface area contributed by atoms with E-state index in [0.717, 1.165) is 17.7 Å². The number of aliphatic hydroxyl groups excluding tert-OH is 1. The van der Waals surface area contributed by atoms with Gasteiger partial charge in [0, 0.05) is 31.7 Å². The van der Waals surface area contributed by atoms with Crippen molar-refractivity contribution in [1.29, 1.82) is 0 Å². The second-order valence-electron chi connectivity index (χ2n) is 6.70. The highest BCUT2D eigenvalue weighted by molar-refractivity contribution is 5.75. The number of carbonyl (C=O) groups is 1. The fraction of sp³-hybridized carbons (Fsp3) is 0.474. The first-order chi connectivity index (χ1) is 12.1. The first-order valence-electron chi connectivity index (χ1n) is 8.87. The minimum absolute atomic E-state index is 0.0662. The standard InChI is InChI=1S/C19H26N4O2/c1-14(2)23-12-9-16(21-23)7-10-20-19(25)22-11-8-15-5-3-4-6-17(15)18(22)13-24/h3-6,9,12,14,18,24H,7-8,10-11,13H2,1-2H3,(H,20,25)/t18-/m0/s1. The molecule has 2 amide bonds. The second kappa shape index (κ2) is 7.70. The van der Waals surface area contributed by atoms with Gasteiger partial charge in [-0.15, -0.1) is 0 Å². The van der Waals surface area contributed by atoms with Crippen LogP contribution < -0.4 is 5.32 Å². The molecule has 2 aromatic rings. The number of aromatic nitrogens is 2. The van der Waals surface area contributed by atoms with Crippen molar-refractivity contribution in [2.24, 2.45) is 0 Å². The molecule has 1 atom stereocenters. The Hall–Kier alpha value is -2.34. The number of benzene rings is 1. The third-order valence-electron chi connectivity index (χ3n) is 4.70. The van der Waals surface area contributed by atoms with Gasteiger partial charge in [-0.2, -0.15) is 5.10 Å². The van der Waals surface area contributed by atoms with E-state index in [1.54, 1.807) is 4.90 Å². The molecule has 0 aliphatic carbocycles. The van der Waals surface area contributed by atoms with E-state index in [1.165, 1.54) is 5.56 Å². The number of carbonyl (C=O) groups excluding carboxylic acids is 1. The van der Waals surface area contributed by atoms with E-state index in [0.29, 0.717) is 25.6 Å². The number of nitrogens with one attached hydrogen (secondary N) is 1. The number of nitrogens with zero attached hydrogens (tertiary/aromatic N) is 3. The quantitative estimate of drug-likeness (QED) is 0.876. The first-order valence-corrected chi connectivity index (χ1v) is 8.87. The Kier molecular flexibility index (Phi) is 5.38. The highest BCUT2D eigenvalue weighted by Gasteiger charge is 2.29. The molecule has 3 rings (SSSR count). The molecule has 0 fully saturated rings. The molecule has 2 heterocycles. The Labute approximate surface area is 148 Å². The average molecular weight is 342 g/mol. The van der Waals surface area contributed by atoms with Gasteiger partial charge in [-0.05, 0) is 37.5 Å². The van der Waals surface area contributed by atoms with Crippen molar-refractivity contribution in [2.75, 3.05) is 19.7 Å². The third kappa shape index (κ3) is 3.85. The van der Waals surface area contributed by atoms with Gasteiger partial charge in [0.05, 0.1) is 18.3 Å². The molecule has 0 radical (unpaired) electrons. The zero-order valence-electron chi connectivity index (χ0n) is 14.9. The monoisotopic (exact) mass is 342 g/mol. The Bertz CT molecular complexity index is 726. The lowest BCUT2D eigenvalue weighted by molar-refractivity contribution is 0.127. The predicted molar refractivity (Wildman–Crippen MR) is 96.4 cm³/mol. The molecule has 134 valence electrons. The molecule has 1 aromatic carbocycles. The molecule has 1 aliphatic rings. The second-order valence-corrected chi connectivity index (χ2v) is 6.70. The van der Waals surface area contributed by atoms with Crippen LogP contribution in [0, 0.1) is 0 Å². The van der Waals surface area contributed by atoms with E-state index in [4.69, 9.17) is 0 Å². The SMILES string of the molecule is CC(C)n1ccc(CCNC(=O)N2CCc3ccccc3[C@@H]2CO)n1. The summed E-state index contributed by atoms with van der Waals surface area (Å²) in [5.41, 5.74) is 3.23. The van der Waals surface area contributed by atoms with Crippen molar-refractivity contribution in [1.82, 2.24) is 20.0 Å². The van der Waals surface area contributed by atoms with Gasteiger partial charge in [0.2, 0.25) is 0 Å². The third-order valence-corrected chi connectivity index (χ3v) is 4.70. The van der Waals surface area contributed by atoms with Crippen molar-refractivity contribution in [3.8, 4) is 0 Å². The van der Waals surface area contributed by atoms with Gasteiger partial charge in [-0.25, -0.2) is 4.79 Å². The molecule has 6 heteroatoms. The fourth-order valence-corrected chi connectivity index (χ4v) is 3.29. The van der Waals surface area contributed by atoms with E-state index in [9.17, 15) is 9.90 Å².